The maximum atomic E-state index is 5.44. The highest BCUT2D eigenvalue weighted by Crippen LogP contribution is 2.00. The Bertz CT molecular complexity index is 260. The standard InChI is InChI=1S/C9H17N3O2/c1-8(2)14-6-9-11-10-7-12(9)4-5-13-3/h7-8H,4-6H2,1-3H3. The van der Waals surface area contributed by atoms with Gasteiger partial charge in [0.05, 0.1) is 12.7 Å². The molecule has 5 heteroatoms. The van der Waals surface area contributed by atoms with Crippen LogP contribution in [-0.2, 0) is 22.6 Å². The van der Waals surface area contributed by atoms with Gasteiger partial charge in [-0.3, -0.25) is 0 Å². The second-order valence-electron chi connectivity index (χ2n) is 3.29. The van der Waals surface area contributed by atoms with Gasteiger partial charge in [-0.2, -0.15) is 0 Å². The molecule has 0 saturated heterocycles. The minimum Gasteiger partial charge on any atom is -0.383 e. The van der Waals surface area contributed by atoms with Crippen molar-refractivity contribution in [3.05, 3.63) is 12.2 Å². The van der Waals surface area contributed by atoms with Crippen molar-refractivity contribution in [1.82, 2.24) is 14.8 Å². The molecule has 0 radical (unpaired) electrons. The van der Waals surface area contributed by atoms with Crippen LogP contribution in [0, 0.1) is 0 Å². The molecule has 14 heavy (non-hydrogen) atoms. The lowest BCUT2D eigenvalue weighted by Gasteiger charge is -2.08. The molecule has 0 atom stereocenters. The topological polar surface area (TPSA) is 49.2 Å². The minimum absolute atomic E-state index is 0.211. The predicted molar refractivity (Wildman–Crippen MR) is 51.8 cm³/mol. The van der Waals surface area contributed by atoms with Crippen LogP contribution in [-0.4, -0.2) is 34.6 Å². The summed E-state index contributed by atoms with van der Waals surface area (Å²) in [5.74, 6) is 0.843. The lowest BCUT2D eigenvalue weighted by molar-refractivity contribution is 0.0584. The number of hydrogen-bond donors (Lipinski definition) is 0. The van der Waals surface area contributed by atoms with Crippen molar-refractivity contribution in [3.63, 3.8) is 0 Å². The summed E-state index contributed by atoms with van der Waals surface area (Å²) in [7, 11) is 1.68. The number of nitrogens with zero attached hydrogens (tertiary/aromatic N) is 3. The summed E-state index contributed by atoms with van der Waals surface area (Å²) in [6, 6.07) is 0. The highest BCUT2D eigenvalue weighted by molar-refractivity contribution is 4.82. The fraction of sp³-hybridized carbons (Fsp3) is 0.778. The number of rotatable bonds is 6. The highest BCUT2D eigenvalue weighted by Gasteiger charge is 2.04. The van der Waals surface area contributed by atoms with E-state index >= 15 is 0 Å². The molecule has 0 fully saturated rings. The molecule has 0 unspecified atom stereocenters. The Labute approximate surface area is 84.0 Å². The summed E-state index contributed by atoms with van der Waals surface area (Å²) in [6.07, 6.45) is 1.90. The second-order valence-corrected chi connectivity index (χ2v) is 3.29. The predicted octanol–water partition coefficient (Wildman–Crippen LogP) is 0.849. The lowest BCUT2D eigenvalue weighted by Crippen LogP contribution is -2.11. The van der Waals surface area contributed by atoms with Gasteiger partial charge in [-0.15, -0.1) is 10.2 Å². The number of methoxy groups -OCH3 is 1. The summed E-state index contributed by atoms with van der Waals surface area (Å²) < 4.78 is 12.4. The van der Waals surface area contributed by atoms with Gasteiger partial charge >= 0.3 is 0 Å². The van der Waals surface area contributed by atoms with Crippen LogP contribution in [0.2, 0.25) is 0 Å². The second kappa shape index (κ2) is 5.72. The summed E-state index contributed by atoms with van der Waals surface area (Å²) in [5, 5.41) is 7.80. The van der Waals surface area contributed by atoms with Gasteiger partial charge in [0.1, 0.15) is 12.9 Å². The lowest BCUT2D eigenvalue weighted by atomic mass is 10.5. The first-order chi connectivity index (χ1) is 6.74. The highest BCUT2D eigenvalue weighted by atomic mass is 16.5. The van der Waals surface area contributed by atoms with Gasteiger partial charge in [0.2, 0.25) is 0 Å². The third-order valence-corrected chi connectivity index (χ3v) is 1.78. The SMILES string of the molecule is COCCn1cnnc1COC(C)C. The summed E-state index contributed by atoms with van der Waals surface area (Å²) in [4.78, 5) is 0. The Hall–Kier alpha value is -0.940. The van der Waals surface area contributed by atoms with Crippen LogP contribution in [0.4, 0.5) is 0 Å². The zero-order valence-electron chi connectivity index (χ0n) is 8.93. The molecule has 0 amide bonds. The third-order valence-electron chi connectivity index (χ3n) is 1.78. The average molecular weight is 199 g/mol. The molecule has 5 nitrogen and oxygen atoms in total. The van der Waals surface area contributed by atoms with E-state index in [2.05, 4.69) is 10.2 Å². The molecule has 1 heterocycles. The van der Waals surface area contributed by atoms with Crippen LogP contribution in [0.5, 0.6) is 0 Å². The Morgan fingerprint density at radius 3 is 2.93 bits per heavy atom. The van der Waals surface area contributed by atoms with Crippen LogP contribution >= 0.6 is 0 Å². The Kier molecular flexibility index (Phi) is 4.55. The van der Waals surface area contributed by atoms with Crippen LogP contribution in [0.25, 0.3) is 0 Å². The van der Waals surface area contributed by atoms with E-state index in [-0.39, 0.29) is 6.10 Å². The van der Waals surface area contributed by atoms with Crippen LogP contribution < -0.4 is 0 Å². The van der Waals surface area contributed by atoms with Crippen LogP contribution in [0.1, 0.15) is 19.7 Å². The van der Waals surface area contributed by atoms with Gasteiger partial charge in [-0.1, -0.05) is 0 Å². The number of aromatic nitrogens is 3. The fourth-order valence-corrected chi connectivity index (χ4v) is 1.01. The molecule has 80 valence electrons. The molecule has 1 aromatic heterocycles. The Balaban J connectivity index is 2.45. The third kappa shape index (κ3) is 3.43. The zero-order valence-corrected chi connectivity index (χ0v) is 8.93. The van der Waals surface area contributed by atoms with E-state index in [9.17, 15) is 0 Å². The van der Waals surface area contributed by atoms with Crippen molar-refractivity contribution in [1.29, 1.82) is 0 Å². The fourth-order valence-electron chi connectivity index (χ4n) is 1.01. The van der Waals surface area contributed by atoms with Gasteiger partial charge in [-0.05, 0) is 13.8 Å². The van der Waals surface area contributed by atoms with Gasteiger partial charge in [0, 0.05) is 13.7 Å². The van der Waals surface area contributed by atoms with Gasteiger partial charge in [0.25, 0.3) is 0 Å². The zero-order chi connectivity index (χ0) is 10.4. The molecular weight excluding hydrogens is 182 g/mol. The van der Waals surface area contributed by atoms with Crippen molar-refractivity contribution in [3.8, 4) is 0 Å². The van der Waals surface area contributed by atoms with Crippen molar-refractivity contribution in [2.45, 2.75) is 33.1 Å². The van der Waals surface area contributed by atoms with E-state index in [4.69, 9.17) is 9.47 Å². The summed E-state index contributed by atoms with van der Waals surface area (Å²) in [6.45, 7) is 5.92. The minimum atomic E-state index is 0.211. The maximum Gasteiger partial charge on any atom is 0.158 e. The molecular formula is C9H17N3O2. The van der Waals surface area contributed by atoms with Gasteiger partial charge in [0.15, 0.2) is 5.82 Å². The smallest absolute Gasteiger partial charge is 0.158 e. The van der Waals surface area contributed by atoms with Crippen molar-refractivity contribution < 1.29 is 9.47 Å². The number of ether oxygens (including phenoxy) is 2. The summed E-state index contributed by atoms with van der Waals surface area (Å²) >= 11 is 0. The van der Waals surface area contributed by atoms with E-state index in [1.165, 1.54) is 0 Å². The Morgan fingerprint density at radius 1 is 1.50 bits per heavy atom. The molecule has 0 N–H and O–H groups in total. The maximum absolute atomic E-state index is 5.44. The van der Waals surface area contributed by atoms with Crippen LogP contribution in [0.15, 0.2) is 6.33 Å². The van der Waals surface area contributed by atoms with E-state index in [0.29, 0.717) is 13.2 Å². The molecule has 0 aliphatic carbocycles. The Morgan fingerprint density at radius 2 is 2.29 bits per heavy atom. The average Bonchev–Trinajstić information content (AvgIpc) is 2.58. The van der Waals surface area contributed by atoms with Gasteiger partial charge < -0.3 is 14.0 Å². The van der Waals surface area contributed by atoms with Crippen LogP contribution in [0.3, 0.4) is 0 Å². The molecule has 0 spiro atoms. The molecule has 1 rings (SSSR count). The van der Waals surface area contributed by atoms with Gasteiger partial charge in [-0.25, -0.2) is 0 Å². The summed E-state index contributed by atoms with van der Waals surface area (Å²) in [5.41, 5.74) is 0. The first-order valence-electron chi connectivity index (χ1n) is 4.71. The molecule has 1 aromatic rings. The monoisotopic (exact) mass is 199 g/mol. The van der Waals surface area contributed by atoms with E-state index in [1.807, 2.05) is 18.4 Å². The van der Waals surface area contributed by atoms with Crippen molar-refractivity contribution >= 4 is 0 Å². The first kappa shape index (κ1) is 11.1. The quantitative estimate of drug-likeness (QED) is 0.681. The van der Waals surface area contributed by atoms with Crippen molar-refractivity contribution in [2.24, 2.45) is 0 Å². The molecule has 0 bridgehead atoms. The molecule has 0 aliphatic rings. The first-order valence-corrected chi connectivity index (χ1v) is 4.71. The van der Waals surface area contributed by atoms with E-state index in [0.717, 1.165) is 12.4 Å². The number of hydrogen-bond acceptors (Lipinski definition) is 4. The van der Waals surface area contributed by atoms with E-state index in [1.54, 1.807) is 13.4 Å². The van der Waals surface area contributed by atoms with E-state index < -0.39 is 0 Å². The molecule has 0 aliphatic heterocycles. The van der Waals surface area contributed by atoms with Crippen molar-refractivity contribution in [2.75, 3.05) is 13.7 Å². The normalized spacial score (nSPS) is 11.1. The largest absolute Gasteiger partial charge is 0.383 e. The molecule has 0 aromatic carbocycles. The molecule has 0 saturated carbocycles.